The molecule has 1 N–H and O–H groups in total. The molecule has 1 aromatic heterocycles. The molecule has 0 saturated heterocycles. The molecule has 1 aliphatic rings. The topological polar surface area (TPSA) is 20.2 Å². The van der Waals surface area contributed by atoms with Crippen molar-refractivity contribution in [3.05, 3.63) is 89.5 Å². The van der Waals surface area contributed by atoms with E-state index >= 15 is 0 Å². The van der Waals surface area contributed by atoms with Gasteiger partial charge in [0.05, 0.1) is 6.04 Å². The summed E-state index contributed by atoms with van der Waals surface area (Å²) < 4.78 is 16.8. The number of anilines is 1. The van der Waals surface area contributed by atoms with E-state index < -0.39 is 0 Å². The second-order valence-electron chi connectivity index (χ2n) is 6.54. The van der Waals surface area contributed by atoms with Crippen LogP contribution in [0.3, 0.4) is 0 Å². The summed E-state index contributed by atoms with van der Waals surface area (Å²) >= 11 is 5.70. The lowest BCUT2D eigenvalue weighted by molar-refractivity contribution is 0.288. The zero-order valence-corrected chi connectivity index (χ0v) is 15.3. The summed E-state index contributed by atoms with van der Waals surface area (Å²) in [7, 11) is 0. The molecule has 0 radical (unpaired) electrons. The first-order valence-corrected chi connectivity index (χ1v) is 9.08. The van der Waals surface area contributed by atoms with Crippen LogP contribution in [0.25, 0.3) is 0 Å². The minimum absolute atomic E-state index is 0.213. The largest absolute Gasteiger partial charge is 0.348 e. The van der Waals surface area contributed by atoms with Crippen molar-refractivity contribution in [2.24, 2.45) is 0 Å². The monoisotopic (exact) mass is 365 g/mol. The first-order chi connectivity index (χ1) is 12.6. The fourth-order valence-corrected chi connectivity index (χ4v) is 3.77. The van der Waals surface area contributed by atoms with Crippen LogP contribution >= 0.6 is 12.2 Å². The zero-order valence-electron chi connectivity index (χ0n) is 14.5. The highest BCUT2D eigenvalue weighted by atomic mass is 32.1. The number of aromatic nitrogens is 1. The third-order valence-electron chi connectivity index (χ3n) is 4.80. The molecule has 1 atom stereocenters. The molecule has 132 valence electrons. The Morgan fingerprint density at radius 1 is 1.04 bits per heavy atom. The molecule has 3 aromatic rings. The molecule has 26 heavy (non-hydrogen) atoms. The Bertz CT molecular complexity index is 932. The molecule has 0 spiro atoms. The molecule has 0 fully saturated rings. The maximum absolute atomic E-state index is 14.6. The smallest absolute Gasteiger partial charge is 0.174 e. The zero-order chi connectivity index (χ0) is 18.1. The first-order valence-electron chi connectivity index (χ1n) is 8.67. The molecular weight excluding hydrogens is 345 g/mol. The van der Waals surface area contributed by atoms with Gasteiger partial charge in [-0.25, -0.2) is 4.39 Å². The number of hydrogen-bond donors (Lipinski definition) is 1. The van der Waals surface area contributed by atoms with Crippen LogP contribution in [0.4, 0.5) is 10.1 Å². The van der Waals surface area contributed by atoms with Crippen molar-refractivity contribution in [2.45, 2.75) is 19.5 Å². The van der Waals surface area contributed by atoms with Gasteiger partial charge in [0, 0.05) is 36.2 Å². The molecule has 0 unspecified atom stereocenters. The van der Waals surface area contributed by atoms with Gasteiger partial charge in [0.2, 0.25) is 0 Å². The minimum Gasteiger partial charge on any atom is -0.348 e. The summed E-state index contributed by atoms with van der Waals surface area (Å²) in [6, 6.07) is 18.8. The molecule has 4 rings (SSSR count). The summed E-state index contributed by atoms with van der Waals surface area (Å²) in [5.41, 5.74) is 3.82. The highest BCUT2D eigenvalue weighted by Crippen LogP contribution is 2.34. The van der Waals surface area contributed by atoms with Crippen LogP contribution in [0.2, 0.25) is 0 Å². The molecule has 5 heteroatoms. The number of fused-ring (bicyclic) bond motifs is 1. The van der Waals surface area contributed by atoms with E-state index in [9.17, 15) is 4.39 Å². The number of aryl methyl sites for hydroxylation is 1. The van der Waals surface area contributed by atoms with Crippen LogP contribution < -0.4 is 5.32 Å². The van der Waals surface area contributed by atoms with Crippen molar-refractivity contribution in [3.63, 3.8) is 0 Å². The lowest BCUT2D eigenvalue weighted by atomic mass is 10.00. The third-order valence-corrected chi connectivity index (χ3v) is 5.14. The van der Waals surface area contributed by atoms with Gasteiger partial charge in [-0.1, -0.05) is 35.9 Å². The number of nitrogens with one attached hydrogen (secondary N) is 1. The molecule has 0 saturated carbocycles. The normalized spacial score (nSPS) is 16.2. The molecule has 0 amide bonds. The van der Waals surface area contributed by atoms with Crippen molar-refractivity contribution in [1.29, 1.82) is 0 Å². The number of benzene rings is 2. The van der Waals surface area contributed by atoms with Gasteiger partial charge in [-0.3, -0.25) is 0 Å². The Balaban J connectivity index is 1.69. The Morgan fingerprint density at radius 2 is 1.81 bits per heavy atom. The predicted octanol–water partition coefficient (Wildman–Crippen LogP) is 4.74. The van der Waals surface area contributed by atoms with E-state index in [1.165, 1.54) is 11.6 Å². The average molecular weight is 365 g/mol. The Morgan fingerprint density at radius 3 is 2.58 bits per heavy atom. The third kappa shape index (κ3) is 3.10. The molecule has 0 aliphatic carbocycles. The van der Waals surface area contributed by atoms with E-state index in [1.807, 2.05) is 54.7 Å². The number of hydrogen-bond acceptors (Lipinski definition) is 1. The van der Waals surface area contributed by atoms with Gasteiger partial charge >= 0.3 is 0 Å². The van der Waals surface area contributed by atoms with Crippen molar-refractivity contribution in [2.75, 3.05) is 11.9 Å². The second-order valence-corrected chi connectivity index (χ2v) is 6.93. The summed E-state index contributed by atoms with van der Waals surface area (Å²) in [5.74, 6) is -0.213. The Hall–Kier alpha value is -2.66. The quantitative estimate of drug-likeness (QED) is 0.663. The minimum atomic E-state index is -0.245. The molecule has 1 aliphatic heterocycles. The fourth-order valence-electron chi connectivity index (χ4n) is 3.46. The number of thiocarbonyl (C=S) groups is 1. The molecular formula is C21H20FN3S. The van der Waals surface area contributed by atoms with Crippen LogP contribution in [0.5, 0.6) is 0 Å². The highest BCUT2D eigenvalue weighted by molar-refractivity contribution is 7.80. The van der Waals surface area contributed by atoms with Gasteiger partial charge in [0.1, 0.15) is 5.82 Å². The van der Waals surface area contributed by atoms with E-state index in [0.717, 1.165) is 24.5 Å². The Labute approximate surface area is 158 Å². The van der Waals surface area contributed by atoms with Crippen molar-refractivity contribution >= 4 is 23.0 Å². The van der Waals surface area contributed by atoms with E-state index in [2.05, 4.69) is 21.7 Å². The van der Waals surface area contributed by atoms with E-state index in [1.54, 1.807) is 6.07 Å². The fraction of sp³-hybridized carbons (Fsp3) is 0.190. The Kier molecular flexibility index (Phi) is 4.47. The maximum atomic E-state index is 14.6. The van der Waals surface area contributed by atoms with Crippen molar-refractivity contribution in [3.8, 4) is 0 Å². The van der Waals surface area contributed by atoms with Gasteiger partial charge in [0.15, 0.2) is 5.11 Å². The molecule has 2 heterocycles. The van der Waals surface area contributed by atoms with Crippen LogP contribution in [-0.2, 0) is 6.54 Å². The number of halogens is 1. The van der Waals surface area contributed by atoms with Gasteiger partial charge < -0.3 is 14.8 Å². The predicted molar refractivity (Wildman–Crippen MR) is 107 cm³/mol. The lowest BCUT2D eigenvalue weighted by Crippen LogP contribution is -2.44. The first kappa shape index (κ1) is 16.8. The van der Waals surface area contributed by atoms with E-state index in [-0.39, 0.29) is 11.9 Å². The molecule has 0 bridgehead atoms. The summed E-state index contributed by atoms with van der Waals surface area (Å²) in [6.45, 7) is 3.59. The lowest BCUT2D eigenvalue weighted by Gasteiger charge is -2.39. The van der Waals surface area contributed by atoms with Crippen molar-refractivity contribution < 1.29 is 4.39 Å². The van der Waals surface area contributed by atoms with Crippen LogP contribution in [-0.4, -0.2) is 21.1 Å². The summed E-state index contributed by atoms with van der Waals surface area (Å²) in [5, 5.41) is 3.91. The van der Waals surface area contributed by atoms with Gasteiger partial charge in [-0.15, -0.1) is 0 Å². The van der Waals surface area contributed by atoms with Gasteiger partial charge in [0.25, 0.3) is 0 Å². The summed E-state index contributed by atoms with van der Waals surface area (Å²) in [6.07, 6.45) is 2.04. The standard InChI is InChI=1S/C21H20FN3S/c1-15-8-10-16(11-9-15)23-21(26)25-14-13-24-12-4-7-19(24)20(25)17-5-2-3-6-18(17)22/h2-12,20H,13-14H2,1H3,(H,23,26)/t20-/m1/s1. The molecule has 2 aromatic carbocycles. The second kappa shape index (κ2) is 6.92. The molecule has 3 nitrogen and oxygen atoms in total. The number of rotatable bonds is 2. The van der Waals surface area contributed by atoms with E-state index in [4.69, 9.17) is 12.2 Å². The van der Waals surface area contributed by atoms with Crippen molar-refractivity contribution in [1.82, 2.24) is 9.47 Å². The maximum Gasteiger partial charge on any atom is 0.174 e. The van der Waals surface area contributed by atoms with Crippen LogP contribution in [0, 0.1) is 12.7 Å². The van der Waals surface area contributed by atoms with Gasteiger partial charge in [-0.2, -0.15) is 0 Å². The SMILES string of the molecule is Cc1ccc(NC(=S)N2CCn3cccc3[C@H]2c2ccccc2F)cc1. The van der Waals surface area contributed by atoms with Crippen LogP contribution in [0.15, 0.2) is 66.9 Å². The van der Waals surface area contributed by atoms with Crippen LogP contribution in [0.1, 0.15) is 22.9 Å². The highest BCUT2D eigenvalue weighted by Gasteiger charge is 2.32. The summed E-state index contributed by atoms with van der Waals surface area (Å²) in [4.78, 5) is 2.07. The number of nitrogens with zero attached hydrogens (tertiary/aromatic N) is 2. The van der Waals surface area contributed by atoms with Gasteiger partial charge in [-0.05, 0) is 49.5 Å². The average Bonchev–Trinajstić information content (AvgIpc) is 3.12. The van der Waals surface area contributed by atoms with E-state index in [0.29, 0.717) is 10.7 Å².